The first-order valence-corrected chi connectivity index (χ1v) is 7.15. The van der Waals surface area contributed by atoms with Crippen LogP contribution < -0.4 is 5.43 Å². The van der Waals surface area contributed by atoms with Crippen molar-refractivity contribution in [3.05, 3.63) is 71.6 Å². The lowest BCUT2D eigenvalue weighted by Crippen LogP contribution is -1.89. The van der Waals surface area contributed by atoms with Crippen molar-refractivity contribution in [2.45, 2.75) is 0 Å². The largest absolute Gasteiger partial charge is 0.253 e. The first-order valence-electron chi connectivity index (χ1n) is 6.27. The van der Waals surface area contributed by atoms with Crippen LogP contribution in [0.3, 0.4) is 0 Å². The number of halogens is 1. The number of thiazole rings is 1. The molecule has 3 rings (SSSR count). The molecule has 3 nitrogen and oxygen atoms in total. The molecule has 0 radical (unpaired) electrons. The number of aromatic nitrogens is 1. The van der Waals surface area contributed by atoms with Gasteiger partial charge in [0.15, 0.2) is 0 Å². The van der Waals surface area contributed by atoms with Crippen molar-refractivity contribution in [3.63, 3.8) is 0 Å². The maximum atomic E-state index is 4.51. The van der Waals surface area contributed by atoms with Crippen molar-refractivity contribution in [2.75, 3.05) is 5.43 Å². The van der Waals surface area contributed by atoms with E-state index < -0.39 is 0 Å². The Labute approximate surface area is 133 Å². The molecular formula is C16H14ClN3S. The highest BCUT2D eigenvalue weighted by atomic mass is 35.5. The van der Waals surface area contributed by atoms with E-state index >= 15 is 0 Å². The van der Waals surface area contributed by atoms with E-state index in [1.54, 1.807) is 17.6 Å². The molecule has 1 N–H and O–H groups in total. The number of nitrogens with zero attached hydrogens (tertiary/aromatic N) is 2. The number of rotatable bonds is 4. The van der Waals surface area contributed by atoms with Gasteiger partial charge in [-0.2, -0.15) is 5.10 Å². The monoisotopic (exact) mass is 315 g/mol. The smallest absolute Gasteiger partial charge is 0.203 e. The molecule has 1 heterocycles. The molecule has 0 fully saturated rings. The minimum Gasteiger partial charge on any atom is -0.253 e. The van der Waals surface area contributed by atoms with Gasteiger partial charge in [0.1, 0.15) is 0 Å². The second kappa shape index (κ2) is 7.57. The van der Waals surface area contributed by atoms with Gasteiger partial charge in [-0.25, -0.2) is 4.98 Å². The van der Waals surface area contributed by atoms with E-state index in [0.717, 1.165) is 22.0 Å². The number of hydrogen-bond donors (Lipinski definition) is 1. The molecule has 5 heteroatoms. The third kappa shape index (κ3) is 4.15. The van der Waals surface area contributed by atoms with Crippen molar-refractivity contribution in [1.29, 1.82) is 0 Å². The summed E-state index contributed by atoms with van der Waals surface area (Å²) < 4.78 is 0. The van der Waals surface area contributed by atoms with E-state index in [1.807, 2.05) is 66.0 Å². The maximum Gasteiger partial charge on any atom is 0.203 e. The third-order valence-electron chi connectivity index (χ3n) is 2.75. The molecule has 0 spiro atoms. The minimum atomic E-state index is 0. The molecule has 0 aliphatic carbocycles. The van der Waals surface area contributed by atoms with Crippen LogP contribution in [0.15, 0.2) is 71.1 Å². The summed E-state index contributed by atoms with van der Waals surface area (Å²) in [6, 6.07) is 20.1. The van der Waals surface area contributed by atoms with Crippen LogP contribution in [-0.2, 0) is 0 Å². The molecule has 106 valence electrons. The van der Waals surface area contributed by atoms with Gasteiger partial charge in [-0.15, -0.1) is 23.7 Å². The van der Waals surface area contributed by atoms with Crippen molar-refractivity contribution in [1.82, 2.24) is 4.98 Å². The van der Waals surface area contributed by atoms with Crippen molar-refractivity contribution in [2.24, 2.45) is 5.10 Å². The second-order valence-corrected chi connectivity index (χ2v) is 5.04. The Hall–Kier alpha value is -2.17. The minimum absolute atomic E-state index is 0. The molecule has 0 unspecified atom stereocenters. The van der Waals surface area contributed by atoms with Crippen molar-refractivity contribution < 1.29 is 0 Å². The van der Waals surface area contributed by atoms with Gasteiger partial charge in [-0.3, -0.25) is 5.43 Å². The van der Waals surface area contributed by atoms with E-state index in [-0.39, 0.29) is 12.4 Å². The first-order chi connectivity index (χ1) is 9.92. The molecule has 2 aromatic carbocycles. The molecule has 0 saturated heterocycles. The van der Waals surface area contributed by atoms with Crippen LogP contribution in [0.25, 0.3) is 11.3 Å². The Bertz CT molecular complexity index is 696. The van der Waals surface area contributed by atoms with Crippen LogP contribution in [0.4, 0.5) is 5.13 Å². The lowest BCUT2D eigenvalue weighted by molar-refractivity contribution is 1.29. The molecule has 0 aliphatic heterocycles. The molecule has 0 amide bonds. The van der Waals surface area contributed by atoms with Gasteiger partial charge in [0.2, 0.25) is 5.13 Å². The van der Waals surface area contributed by atoms with Gasteiger partial charge in [-0.05, 0) is 5.56 Å². The van der Waals surface area contributed by atoms with E-state index in [2.05, 4.69) is 15.5 Å². The number of anilines is 1. The van der Waals surface area contributed by atoms with Gasteiger partial charge in [0.05, 0.1) is 11.9 Å². The van der Waals surface area contributed by atoms with Crippen molar-refractivity contribution in [3.8, 4) is 11.3 Å². The highest BCUT2D eigenvalue weighted by Gasteiger charge is 2.02. The SMILES string of the molecule is C(=NNc1nc(-c2ccccc2)cs1)c1ccccc1.Cl. The summed E-state index contributed by atoms with van der Waals surface area (Å²) in [6.45, 7) is 0. The normalized spacial score (nSPS) is 10.3. The maximum absolute atomic E-state index is 4.51. The van der Waals surface area contributed by atoms with Crippen LogP contribution in [0, 0.1) is 0 Å². The topological polar surface area (TPSA) is 37.3 Å². The Balaban J connectivity index is 0.00000161. The summed E-state index contributed by atoms with van der Waals surface area (Å²) in [4.78, 5) is 4.51. The van der Waals surface area contributed by atoms with E-state index in [9.17, 15) is 0 Å². The average molecular weight is 316 g/mol. The fourth-order valence-electron chi connectivity index (χ4n) is 1.77. The fourth-order valence-corrected chi connectivity index (χ4v) is 2.44. The molecule has 0 aliphatic rings. The zero-order valence-corrected chi connectivity index (χ0v) is 12.8. The second-order valence-electron chi connectivity index (χ2n) is 4.18. The molecule has 0 atom stereocenters. The zero-order chi connectivity index (χ0) is 13.6. The van der Waals surface area contributed by atoms with Crippen LogP contribution in [0.2, 0.25) is 0 Å². The highest BCUT2D eigenvalue weighted by Crippen LogP contribution is 2.24. The van der Waals surface area contributed by atoms with Crippen LogP contribution in [0.5, 0.6) is 0 Å². The Morgan fingerprint density at radius 1 is 0.952 bits per heavy atom. The molecule has 3 aromatic rings. The van der Waals surface area contributed by atoms with E-state index in [1.165, 1.54) is 0 Å². The van der Waals surface area contributed by atoms with Gasteiger partial charge in [0, 0.05) is 10.9 Å². The van der Waals surface area contributed by atoms with Crippen LogP contribution >= 0.6 is 23.7 Å². The summed E-state index contributed by atoms with van der Waals surface area (Å²) in [7, 11) is 0. The highest BCUT2D eigenvalue weighted by molar-refractivity contribution is 7.14. The van der Waals surface area contributed by atoms with Gasteiger partial charge in [-0.1, -0.05) is 60.7 Å². The predicted molar refractivity (Wildman–Crippen MR) is 92.5 cm³/mol. The lowest BCUT2D eigenvalue weighted by atomic mass is 10.2. The number of hydrogen-bond acceptors (Lipinski definition) is 4. The quantitative estimate of drug-likeness (QED) is 0.561. The van der Waals surface area contributed by atoms with Crippen LogP contribution in [-0.4, -0.2) is 11.2 Å². The Kier molecular flexibility index (Phi) is 5.49. The molecular weight excluding hydrogens is 302 g/mol. The lowest BCUT2D eigenvalue weighted by Gasteiger charge is -1.95. The fraction of sp³-hybridized carbons (Fsp3) is 0. The standard InChI is InChI=1S/C16H13N3S.ClH/c1-3-7-13(8-4-1)11-17-19-16-18-15(12-20-16)14-9-5-2-6-10-14;/h1-12H,(H,18,19);1H. The first kappa shape index (κ1) is 15.2. The van der Waals surface area contributed by atoms with Gasteiger partial charge >= 0.3 is 0 Å². The molecule has 21 heavy (non-hydrogen) atoms. The van der Waals surface area contributed by atoms with Gasteiger partial charge in [0.25, 0.3) is 0 Å². The summed E-state index contributed by atoms with van der Waals surface area (Å²) >= 11 is 1.54. The van der Waals surface area contributed by atoms with Crippen molar-refractivity contribution >= 4 is 35.1 Å². The van der Waals surface area contributed by atoms with E-state index in [4.69, 9.17) is 0 Å². The Morgan fingerprint density at radius 2 is 1.62 bits per heavy atom. The molecule has 0 saturated carbocycles. The average Bonchev–Trinajstić information content (AvgIpc) is 2.98. The number of hydrazone groups is 1. The number of nitrogens with one attached hydrogen (secondary N) is 1. The number of benzene rings is 2. The summed E-state index contributed by atoms with van der Waals surface area (Å²) in [6.07, 6.45) is 1.78. The Morgan fingerprint density at radius 3 is 2.33 bits per heavy atom. The third-order valence-corrected chi connectivity index (χ3v) is 3.49. The van der Waals surface area contributed by atoms with Gasteiger partial charge < -0.3 is 0 Å². The predicted octanol–water partition coefficient (Wildman–Crippen LogP) is 4.68. The van der Waals surface area contributed by atoms with E-state index in [0.29, 0.717) is 0 Å². The summed E-state index contributed by atoms with van der Waals surface area (Å²) in [5.41, 5.74) is 6.10. The molecule has 1 aromatic heterocycles. The summed E-state index contributed by atoms with van der Waals surface area (Å²) in [5.74, 6) is 0. The van der Waals surface area contributed by atoms with Crippen LogP contribution in [0.1, 0.15) is 5.56 Å². The zero-order valence-electron chi connectivity index (χ0n) is 11.1. The summed E-state index contributed by atoms with van der Waals surface area (Å²) in [5, 5.41) is 7.00. The molecule has 0 bridgehead atoms.